The third kappa shape index (κ3) is 4.10. The predicted molar refractivity (Wildman–Crippen MR) is 103 cm³/mol. The van der Waals surface area contributed by atoms with Crippen LogP contribution in [0, 0.1) is 0 Å². The van der Waals surface area contributed by atoms with Crippen LogP contribution >= 0.6 is 11.8 Å². The zero-order valence-corrected chi connectivity index (χ0v) is 14.7. The Morgan fingerprint density at radius 1 is 1.16 bits per heavy atom. The lowest BCUT2D eigenvalue weighted by molar-refractivity contribution is 0.234. The Bertz CT molecular complexity index is 878. The third-order valence-corrected chi connectivity index (χ3v) is 4.24. The first-order chi connectivity index (χ1) is 12.3. The quantitative estimate of drug-likeness (QED) is 0.302. The van der Waals surface area contributed by atoms with Crippen molar-refractivity contribution in [3.63, 3.8) is 0 Å². The summed E-state index contributed by atoms with van der Waals surface area (Å²) in [6.45, 7) is 0.590. The molecule has 128 valence electrons. The number of fused-ring (bicyclic) bond motifs is 1. The summed E-state index contributed by atoms with van der Waals surface area (Å²) in [5, 5.41) is 11.6. The summed E-state index contributed by atoms with van der Waals surface area (Å²) in [4.78, 5) is 8.70. The maximum atomic E-state index is 9.47. The molecular formula is C19H19N3O2S. The smallest absolute Gasteiger partial charge is 0.230 e. The van der Waals surface area contributed by atoms with E-state index in [9.17, 15) is 5.21 Å². The van der Waals surface area contributed by atoms with Crippen LogP contribution in [0.15, 0.2) is 65.8 Å². The number of amidine groups is 1. The first-order valence-electron chi connectivity index (χ1n) is 7.88. The van der Waals surface area contributed by atoms with Gasteiger partial charge in [0.2, 0.25) is 5.88 Å². The Kier molecular flexibility index (Phi) is 5.87. The van der Waals surface area contributed by atoms with Crippen molar-refractivity contribution in [1.82, 2.24) is 10.5 Å². The van der Waals surface area contributed by atoms with Gasteiger partial charge in [0.15, 0.2) is 5.84 Å². The first kappa shape index (κ1) is 17.3. The molecule has 0 bridgehead atoms. The van der Waals surface area contributed by atoms with Gasteiger partial charge in [0.1, 0.15) is 5.75 Å². The minimum absolute atomic E-state index is 0.345. The standard InChI is InChI=1S/C19H19N3O2S/c1-25-13-12-20-18(22-23)16-9-5-11-21-19(16)24-17-10-4-7-14-6-2-3-8-15(14)17/h2-11,23H,12-13H2,1H3,(H,20,22). The molecule has 0 atom stereocenters. The summed E-state index contributed by atoms with van der Waals surface area (Å²) in [6, 6.07) is 17.5. The van der Waals surface area contributed by atoms with Crippen LogP contribution < -0.4 is 10.2 Å². The highest BCUT2D eigenvalue weighted by Gasteiger charge is 2.13. The molecule has 0 aliphatic rings. The number of hydrogen-bond donors (Lipinski definition) is 2. The average Bonchev–Trinajstić information content (AvgIpc) is 2.66. The summed E-state index contributed by atoms with van der Waals surface area (Å²) >= 11 is 1.69. The molecule has 25 heavy (non-hydrogen) atoms. The van der Waals surface area contributed by atoms with Crippen molar-refractivity contribution in [2.24, 2.45) is 4.99 Å². The number of ether oxygens (including phenoxy) is 1. The average molecular weight is 353 g/mol. The molecule has 0 aliphatic carbocycles. The van der Waals surface area contributed by atoms with E-state index in [0.29, 0.717) is 29.6 Å². The fourth-order valence-corrected chi connectivity index (χ4v) is 2.74. The second-order valence-electron chi connectivity index (χ2n) is 5.27. The molecule has 0 saturated carbocycles. The van der Waals surface area contributed by atoms with Crippen LogP contribution in [0.5, 0.6) is 11.6 Å². The molecule has 5 nitrogen and oxygen atoms in total. The molecule has 0 fully saturated rings. The van der Waals surface area contributed by atoms with Gasteiger partial charge >= 0.3 is 0 Å². The molecule has 2 aromatic carbocycles. The number of hydroxylamine groups is 1. The number of nitrogens with one attached hydrogen (secondary N) is 1. The lowest BCUT2D eigenvalue weighted by Crippen LogP contribution is -2.22. The Morgan fingerprint density at radius 3 is 2.84 bits per heavy atom. The number of aromatic nitrogens is 1. The zero-order chi connectivity index (χ0) is 17.5. The number of rotatable bonds is 6. The van der Waals surface area contributed by atoms with E-state index < -0.39 is 0 Å². The van der Waals surface area contributed by atoms with Gasteiger partial charge in [-0.1, -0.05) is 36.4 Å². The molecule has 0 aliphatic heterocycles. The van der Waals surface area contributed by atoms with Crippen LogP contribution in [-0.4, -0.2) is 34.6 Å². The number of hydrogen-bond acceptors (Lipinski definition) is 5. The molecule has 0 unspecified atom stereocenters. The van der Waals surface area contributed by atoms with Gasteiger partial charge in [0.25, 0.3) is 0 Å². The predicted octanol–water partition coefficient (Wildman–Crippen LogP) is 4.12. The highest BCUT2D eigenvalue weighted by molar-refractivity contribution is 7.98. The molecule has 1 aromatic heterocycles. The number of pyridine rings is 1. The summed E-state index contributed by atoms with van der Waals surface area (Å²) in [5.74, 6) is 2.31. The lowest BCUT2D eigenvalue weighted by Gasteiger charge is -2.12. The second kappa shape index (κ2) is 8.50. The lowest BCUT2D eigenvalue weighted by atomic mass is 10.1. The minimum atomic E-state index is 0.345. The van der Waals surface area contributed by atoms with Crippen molar-refractivity contribution in [2.75, 3.05) is 18.6 Å². The molecular weight excluding hydrogens is 334 g/mol. The van der Waals surface area contributed by atoms with E-state index >= 15 is 0 Å². The van der Waals surface area contributed by atoms with Crippen LogP contribution in [0.2, 0.25) is 0 Å². The molecule has 3 aromatic rings. The Labute approximate surface area is 150 Å². The molecule has 6 heteroatoms. The molecule has 0 saturated heterocycles. The highest BCUT2D eigenvalue weighted by atomic mass is 32.2. The van der Waals surface area contributed by atoms with Crippen molar-refractivity contribution in [3.05, 3.63) is 66.4 Å². The third-order valence-electron chi connectivity index (χ3n) is 3.65. The molecule has 2 N–H and O–H groups in total. The molecule has 0 radical (unpaired) electrons. The van der Waals surface area contributed by atoms with Gasteiger partial charge in [0.05, 0.1) is 12.1 Å². The fourth-order valence-electron chi connectivity index (χ4n) is 2.47. The van der Waals surface area contributed by atoms with E-state index in [1.807, 2.05) is 54.8 Å². The van der Waals surface area contributed by atoms with Crippen molar-refractivity contribution < 1.29 is 9.94 Å². The zero-order valence-electron chi connectivity index (χ0n) is 13.8. The van der Waals surface area contributed by atoms with E-state index in [4.69, 9.17) is 4.74 Å². The number of aliphatic imine (C=N–C) groups is 1. The fraction of sp³-hybridized carbons (Fsp3) is 0.158. The summed E-state index contributed by atoms with van der Waals surface area (Å²) in [7, 11) is 0. The van der Waals surface area contributed by atoms with Crippen molar-refractivity contribution in [2.45, 2.75) is 0 Å². The van der Waals surface area contributed by atoms with Crippen molar-refractivity contribution in [3.8, 4) is 11.6 Å². The number of thioether (sulfide) groups is 1. The first-order valence-corrected chi connectivity index (χ1v) is 9.27. The van der Waals surface area contributed by atoms with Gasteiger partial charge < -0.3 is 4.74 Å². The maximum Gasteiger partial charge on any atom is 0.230 e. The summed E-state index contributed by atoms with van der Waals surface area (Å²) in [6.07, 6.45) is 3.67. The van der Waals surface area contributed by atoms with Crippen LogP contribution in [0.3, 0.4) is 0 Å². The Balaban J connectivity index is 1.96. The molecule has 3 rings (SSSR count). The van der Waals surface area contributed by atoms with Crippen LogP contribution in [0.25, 0.3) is 10.8 Å². The van der Waals surface area contributed by atoms with Gasteiger partial charge in [-0.25, -0.2) is 4.98 Å². The van der Waals surface area contributed by atoms with E-state index in [1.54, 1.807) is 24.0 Å². The second-order valence-corrected chi connectivity index (χ2v) is 6.26. The number of nitrogens with zero attached hydrogens (tertiary/aromatic N) is 2. The normalized spacial score (nSPS) is 11.5. The molecule has 1 heterocycles. The Morgan fingerprint density at radius 2 is 2.00 bits per heavy atom. The highest BCUT2D eigenvalue weighted by Crippen LogP contribution is 2.30. The monoisotopic (exact) mass is 353 g/mol. The molecule has 0 amide bonds. The Hall–Kier alpha value is -2.57. The van der Waals surface area contributed by atoms with Crippen LogP contribution in [-0.2, 0) is 0 Å². The van der Waals surface area contributed by atoms with Gasteiger partial charge in [-0.05, 0) is 29.8 Å². The van der Waals surface area contributed by atoms with E-state index in [-0.39, 0.29) is 0 Å². The summed E-state index contributed by atoms with van der Waals surface area (Å²) in [5.41, 5.74) is 2.77. The van der Waals surface area contributed by atoms with Crippen LogP contribution in [0.4, 0.5) is 0 Å². The minimum Gasteiger partial charge on any atom is -0.438 e. The van der Waals surface area contributed by atoms with Gasteiger partial charge in [-0.15, -0.1) is 0 Å². The maximum absolute atomic E-state index is 9.47. The SMILES string of the molecule is CSCCN=C(NO)c1cccnc1Oc1cccc2ccccc12. The van der Waals surface area contributed by atoms with Crippen molar-refractivity contribution in [1.29, 1.82) is 0 Å². The summed E-state index contributed by atoms with van der Waals surface area (Å²) < 4.78 is 6.06. The van der Waals surface area contributed by atoms with Crippen molar-refractivity contribution >= 4 is 28.4 Å². The van der Waals surface area contributed by atoms with Gasteiger partial charge in [0, 0.05) is 17.3 Å². The topological polar surface area (TPSA) is 66.7 Å². The van der Waals surface area contributed by atoms with Gasteiger partial charge in [-0.2, -0.15) is 11.8 Å². The number of benzene rings is 2. The van der Waals surface area contributed by atoms with E-state index in [0.717, 1.165) is 16.5 Å². The van der Waals surface area contributed by atoms with Crippen LogP contribution in [0.1, 0.15) is 5.56 Å². The van der Waals surface area contributed by atoms with E-state index in [1.165, 1.54) is 0 Å². The van der Waals surface area contributed by atoms with Gasteiger partial charge in [-0.3, -0.25) is 15.7 Å². The molecule has 0 spiro atoms. The van der Waals surface area contributed by atoms with E-state index in [2.05, 4.69) is 15.5 Å². The largest absolute Gasteiger partial charge is 0.438 e.